The van der Waals surface area contributed by atoms with Crippen molar-refractivity contribution in [1.82, 2.24) is 15.8 Å². The number of rotatable bonds is 7. The van der Waals surface area contributed by atoms with Gasteiger partial charge >= 0.3 is 0 Å². The third-order valence-corrected chi connectivity index (χ3v) is 3.95. The summed E-state index contributed by atoms with van der Waals surface area (Å²) in [6.07, 6.45) is 1.93. The Hall–Kier alpha value is -1.57. The first kappa shape index (κ1) is 21.5. The van der Waals surface area contributed by atoms with Gasteiger partial charge in [0, 0.05) is 12.6 Å². The Morgan fingerprint density at radius 2 is 1.88 bits per heavy atom. The minimum Gasteiger partial charge on any atom is -0.359 e. The molecule has 0 aliphatic heterocycles. The molecule has 0 bridgehead atoms. The topological polar surface area (TPSA) is 62.5 Å². The Morgan fingerprint density at radius 3 is 2.44 bits per heavy atom. The maximum absolute atomic E-state index is 5.29. The van der Waals surface area contributed by atoms with Crippen molar-refractivity contribution in [2.45, 2.75) is 53.1 Å². The molecule has 1 aromatic heterocycles. The number of nitrogens with zero attached hydrogens (tertiary/aromatic N) is 2. The van der Waals surface area contributed by atoms with Crippen molar-refractivity contribution in [3.63, 3.8) is 0 Å². The molecule has 0 radical (unpaired) electrons. The van der Waals surface area contributed by atoms with Crippen molar-refractivity contribution in [2.24, 2.45) is 4.99 Å². The van der Waals surface area contributed by atoms with Gasteiger partial charge in [0.1, 0.15) is 6.54 Å². The van der Waals surface area contributed by atoms with Crippen molar-refractivity contribution in [3.8, 4) is 0 Å². The summed E-state index contributed by atoms with van der Waals surface area (Å²) >= 11 is 0. The Kier molecular flexibility index (Phi) is 9.55. The average Bonchev–Trinajstić information content (AvgIpc) is 3.08. The van der Waals surface area contributed by atoms with Crippen LogP contribution in [-0.4, -0.2) is 17.7 Å². The first-order valence-corrected chi connectivity index (χ1v) is 8.74. The monoisotopic (exact) mass is 456 g/mol. The molecule has 1 atom stereocenters. The maximum atomic E-state index is 5.29. The van der Waals surface area contributed by atoms with Gasteiger partial charge in [-0.25, -0.2) is 4.99 Å². The zero-order chi connectivity index (χ0) is 17.4. The molecule has 1 aromatic carbocycles. The normalized spacial score (nSPS) is 12.4. The number of aromatic nitrogens is 1. The highest BCUT2D eigenvalue weighted by molar-refractivity contribution is 14.0. The molecule has 25 heavy (non-hydrogen) atoms. The number of halogens is 1. The van der Waals surface area contributed by atoms with Crippen LogP contribution in [0.15, 0.2) is 39.8 Å². The van der Waals surface area contributed by atoms with E-state index in [1.807, 2.05) is 6.07 Å². The van der Waals surface area contributed by atoms with Crippen molar-refractivity contribution in [3.05, 3.63) is 52.9 Å². The van der Waals surface area contributed by atoms with Gasteiger partial charge in [0.25, 0.3) is 0 Å². The summed E-state index contributed by atoms with van der Waals surface area (Å²) in [6.45, 7) is 9.70. The van der Waals surface area contributed by atoms with E-state index in [1.165, 1.54) is 11.1 Å². The van der Waals surface area contributed by atoms with Crippen LogP contribution in [0.5, 0.6) is 0 Å². The van der Waals surface area contributed by atoms with Gasteiger partial charge in [0.2, 0.25) is 0 Å². The number of guanidine groups is 1. The molecule has 138 valence electrons. The Bertz CT molecular complexity index is 652. The van der Waals surface area contributed by atoms with E-state index in [0.29, 0.717) is 6.54 Å². The van der Waals surface area contributed by atoms with Crippen molar-refractivity contribution < 1.29 is 4.52 Å². The summed E-state index contributed by atoms with van der Waals surface area (Å²) in [6, 6.07) is 10.8. The fourth-order valence-corrected chi connectivity index (χ4v) is 2.40. The van der Waals surface area contributed by atoms with Crippen molar-refractivity contribution in [2.75, 3.05) is 6.54 Å². The summed E-state index contributed by atoms with van der Waals surface area (Å²) in [4.78, 5) is 4.59. The highest BCUT2D eigenvalue weighted by atomic mass is 127. The van der Waals surface area contributed by atoms with Gasteiger partial charge in [0.15, 0.2) is 11.7 Å². The fourth-order valence-electron chi connectivity index (χ4n) is 2.40. The highest BCUT2D eigenvalue weighted by Crippen LogP contribution is 2.14. The smallest absolute Gasteiger partial charge is 0.192 e. The molecule has 0 fully saturated rings. The molecule has 0 amide bonds. The number of hydrogen-bond acceptors (Lipinski definition) is 3. The standard InChI is InChI=1S/C19H28N4O.HI/c1-5-15-8-10-16(11-9-15)14(4)22-19(20-7-3)21-13-18-12-17(6-2)23-24-18;/h8-12,14H,5-7,13H2,1-4H3,(H2,20,21,22);1H. The second-order valence-corrected chi connectivity index (χ2v) is 5.79. The second-order valence-electron chi connectivity index (χ2n) is 5.79. The molecule has 0 saturated heterocycles. The number of aliphatic imine (C=N–C) groups is 1. The van der Waals surface area contributed by atoms with Crippen LogP contribution in [0, 0.1) is 0 Å². The van der Waals surface area contributed by atoms with Gasteiger partial charge in [-0.15, -0.1) is 24.0 Å². The van der Waals surface area contributed by atoms with Gasteiger partial charge in [-0.2, -0.15) is 0 Å². The van der Waals surface area contributed by atoms with Crippen molar-refractivity contribution in [1.29, 1.82) is 0 Å². The predicted octanol–water partition coefficient (Wildman–Crippen LogP) is 4.23. The lowest BCUT2D eigenvalue weighted by Gasteiger charge is -2.18. The molecule has 0 aliphatic rings. The van der Waals surface area contributed by atoms with E-state index in [0.717, 1.165) is 36.8 Å². The number of hydrogen-bond donors (Lipinski definition) is 2. The molecule has 0 saturated carbocycles. The van der Waals surface area contributed by atoms with E-state index in [2.05, 4.69) is 72.7 Å². The summed E-state index contributed by atoms with van der Waals surface area (Å²) in [5, 5.41) is 10.7. The average molecular weight is 456 g/mol. The van der Waals surface area contributed by atoms with Crippen molar-refractivity contribution >= 4 is 29.9 Å². The lowest BCUT2D eigenvalue weighted by Crippen LogP contribution is -2.38. The molecule has 1 unspecified atom stereocenters. The van der Waals surface area contributed by atoms with E-state index < -0.39 is 0 Å². The van der Waals surface area contributed by atoms with Gasteiger partial charge in [-0.1, -0.05) is 43.3 Å². The first-order chi connectivity index (χ1) is 11.7. The molecule has 1 heterocycles. The molecule has 0 aliphatic carbocycles. The quantitative estimate of drug-likeness (QED) is 0.372. The molecular formula is C19H29IN4O. The van der Waals surface area contributed by atoms with Crippen LogP contribution >= 0.6 is 24.0 Å². The Morgan fingerprint density at radius 1 is 1.16 bits per heavy atom. The maximum Gasteiger partial charge on any atom is 0.192 e. The van der Waals surface area contributed by atoms with Crippen LogP contribution in [-0.2, 0) is 19.4 Å². The van der Waals surface area contributed by atoms with Crippen LogP contribution in [0.25, 0.3) is 0 Å². The molecule has 2 N–H and O–H groups in total. The zero-order valence-corrected chi connectivity index (χ0v) is 17.8. The van der Waals surface area contributed by atoms with Gasteiger partial charge in [-0.3, -0.25) is 0 Å². The molecule has 6 heteroatoms. The van der Waals surface area contributed by atoms with Gasteiger partial charge < -0.3 is 15.2 Å². The fraction of sp³-hybridized carbons (Fsp3) is 0.474. The lowest BCUT2D eigenvalue weighted by molar-refractivity contribution is 0.379. The first-order valence-electron chi connectivity index (χ1n) is 8.74. The summed E-state index contributed by atoms with van der Waals surface area (Å²) in [5.41, 5.74) is 3.55. The van der Waals surface area contributed by atoms with Gasteiger partial charge in [0.05, 0.1) is 11.7 Å². The van der Waals surface area contributed by atoms with Crippen LogP contribution in [0.4, 0.5) is 0 Å². The summed E-state index contributed by atoms with van der Waals surface area (Å²) in [7, 11) is 0. The molecular weight excluding hydrogens is 427 g/mol. The SMILES string of the molecule is CCNC(=NCc1cc(CC)no1)NC(C)c1ccc(CC)cc1.I. The Labute approximate surface area is 167 Å². The minimum atomic E-state index is 0. The van der Waals surface area contributed by atoms with Crippen LogP contribution < -0.4 is 10.6 Å². The second kappa shape index (κ2) is 11.1. The number of benzene rings is 1. The van der Waals surface area contributed by atoms with Gasteiger partial charge in [-0.05, 0) is 37.8 Å². The molecule has 5 nitrogen and oxygen atoms in total. The van der Waals surface area contributed by atoms with E-state index in [1.54, 1.807) is 0 Å². The Balaban J connectivity index is 0.00000312. The van der Waals surface area contributed by atoms with Crippen LogP contribution in [0.3, 0.4) is 0 Å². The van der Waals surface area contributed by atoms with Crippen LogP contribution in [0.2, 0.25) is 0 Å². The molecule has 2 rings (SSSR count). The largest absolute Gasteiger partial charge is 0.359 e. The number of aryl methyl sites for hydroxylation is 2. The molecule has 0 spiro atoms. The summed E-state index contributed by atoms with van der Waals surface area (Å²) < 4.78 is 5.29. The minimum absolute atomic E-state index is 0. The predicted molar refractivity (Wildman–Crippen MR) is 113 cm³/mol. The van der Waals surface area contributed by atoms with Crippen LogP contribution in [0.1, 0.15) is 56.3 Å². The lowest BCUT2D eigenvalue weighted by atomic mass is 10.1. The highest BCUT2D eigenvalue weighted by Gasteiger charge is 2.08. The third kappa shape index (κ3) is 6.68. The third-order valence-electron chi connectivity index (χ3n) is 3.95. The van der Waals surface area contributed by atoms with E-state index in [4.69, 9.17) is 4.52 Å². The molecule has 2 aromatic rings. The van der Waals surface area contributed by atoms with E-state index >= 15 is 0 Å². The number of nitrogens with one attached hydrogen (secondary N) is 2. The van der Waals surface area contributed by atoms with E-state index in [9.17, 15) is 0 Å². The van der Waals surface area contributed by atoms with E-state index in [-0.39, 0.29) is 30.0 Å². The zero-order valence-electron chi connectivity index (χ0n) is 15.5. The summed E-state index contributed by atoms with van der Waals surface area (Å²) in [5.74, 6) is 1.56.